The lowest BCUT2D eigenvalue weighted by Gasteiger charge is -2.37. The maximum Gasteiger partial charge on any atom is 0.416 e. The Labute approximate surface area is 219 Å². The number of aliphatic hydroxyl groups is 1. The fraction of sp³-hybridized carbons (Fsp3) is 0.333. The van der Waals surface area contributed by atoms with E-state index in [1.54, 1.807) is 13.2 Å². The summed E-state index contributed by atoms with van der Waals surface area (Å²) in [6.45, 7) is 3.46. The van der Waals surface area contributed by atoms with Crippen LogP contribution in [0.25, 0.3) is 0 Å². The van der Waals surface area contributed by atoms with Gasteiger partial charge in [-0.1, -0.05) is 18.2 Å². The Morgan fingerprint density at radius 3 is 2.58 bits per heavy atom. The molecule has 1 amide bonds. The zero-order valence-electron chi connectivity index (χ0n) is 20.9. The van der Waals surface area contributed by atoms with Crippen molar-refractivity contribution in [2.24, 2.45) is 0 Å². The number of amides is 1. The first-order valence-electron chi connectivity index (χ1n) is 12.2. The second-order valence-electron chi connectivity index (χ2n) is 8.93. The summed E-state index contributed by atoms with van der Waals surface area (Å²) < 4.78 is 44.6. The third-order valence-corrected chi connectivity index (χ3v) is 6.27. The molecule has 1 aliphatic rings. The van der Waals surface area contributed by atoms with Crippen molar-refractivity contribution in [2.75, 3.05) is 56.6 Å². The predicted octanol–water partition coefficient (Wildman–Crippen LogP) is 3.77. The SMILES string of the molecule is COc1ccccc1N1CCN(CC(O)CNC(=O)c2cccnc2Nc2cccc(C(F)(F)F)c2)CC1. The van der Waals surface area contributed by atoms with E-state index in [4.69, 9.17) is 4.74 Å². The summed E-state index contributed by atoms with van der Waals surface area (Å²) in [5, 5.41) is 16.0. The Kier molecular flexibility index (Phi) is 8.70. The van der Waals surface area contributed by atoms with Gasteiger partial charge in [0.25, 0.3) is 5.91 Å². The zero-order valence-corrected chi connectivity index (χ0v) is 20.9. The van der Waals surface area contributed by atoms with E-state index in [1.807, 2.05) is 24.3 Å². The van der Waals surface area contributed by atoms with E-state index in [0.717, 1.165) is 49.7 Å². The van der Waals surface area contributed by atoms with Crippen LogP contribution in [0.3, 0.4) is 0 Å². The molecule has 0 radical (unpaired) electrons. The molecule has 4 rings (SSSR count). The molecule has 3 aromatic rings. The van der Waals surface area contributed by atoms with E-state index in [-0.39, 0.29) is 23.6 Å². The highest BCUT2D eigenvalue weighted by atomic mass is 19.4. The number of β-amino-alcohol motifs (C(OH)–C–C–N with tert-alkyl or cyclic N) is 1. The van der Waals surface area contributed by atoms with Crippen LogP contribution in [0.15, 0.2) is 66.9 Å². The number of benzene rings is 2. The van der Waals surface area contributed by atoms with Crippen LogP contribution >= 0.6 is 0 Å². The maximum atomic E-state index is 13.0. The number of nitrogens with one attached hydrogen (secondary N) is 2. The molecule has 0 saturated carbocycles. The number of halogens is 3. The summed E-state index contributed by atoms with van der Waals surface area (Å²) >= 11 is 0. The van der Waals surface area contributed by atoms with Crippen LogP contribution < -0.4 is 20.3 Å². The lowest BCUT2D eigenvalue weighted by molar-refractivity contribution is -0.137. The number of piperazine rings is 1. The molecule has 1 atom stereocenters. The number of hydrogen-bond donors (Lipinski definition) is 3. The summed E-state index contributed by atoms with van der Waals surface area (Å²) in [5.74, 6) is 0.444. The number of anilines is 3. The van der Waals surface area contributed by atoms with Gasteiger partial charge in [0.15, 0.2) is 0 Å². The van der Waals surface area contributed by atoms with E-state index in [1.165, 1.54) is 24.4 Å². The first kappa shape index (κ1) is 27.2. The van der Waals surface area contributed by atoms with Gasteiger partial charge in [-0.15, -0.1) is 0 Å². The Balaban J connectivity index is 1.29. The van der Waals surface area contributed by atoms with Crippen LogP contribution in [-0.4, -0.2) is 73.4 Å². The minimum absolute atomic E-state index is 0.0173. The van der Waals surface area contributed by atoms with Gasteiger partial charge in [-0.25, -0.2) is 4.98 Å². The third-order valence-electron chi connectivity index (χ3n) is 6.27. The number of carbonyl (C=O) groups is 1. The molecule has 0 bridgehead atoms. The standard InChI is InChI=1S/C27H30F3N5O3/c1-38-24-10-3-2-9-23(24)35-14-12-34(13-15-35)18-21(36)17-32-26(37)22-8-5-11-31-25(22)33-20-7-4-6-19(16-20)27(28,29)30/h2-11,16,21,36H,12-15,17-18H2,1H3,(H,31,33)(H,32,37). The lowest BCUT2D eigenvalue weighted by Crippen LogP contribution is -2.50. The van der Waals surface area contributed by atoms with Crippen molar-refractivity contribution < 1.29 is 27.8 Å². The van der Waals surface area contributed by atoms with Gasteiger partial charge in [0, 0.05) is 51.2 Å². The maximum absolute atomic E-state index is 13.0. The van der Waals surface area contributed by atoms with Crippen LogP contribution in [0.1, 0.15) is 15.9 Å². The molecule has 11 heteroatoms. The molecular formula is C27H30F3N5O3. The molecule has 2 aromatic carbocycles. The summed E-state index contributed by atoms with van der Waals surface area (Å²) in [4.78, 5) is 21.3. The molecule has 2 heterocycles. The molecule has 0 aliphatic carbocycles. The van der Waals surface area contributed by atoms with Gasteiger partial charge in [0.2, 0.25) is 0 Å². The average Bonchev–Trinajstić information content (AvgIpc) is 2.92. The van der Waals surface area contributed by atoms with E-state index < -0.39 is 23.8 Å². The number of aromatic nitrogens is 1. The Morgan fingerprint density at radius 2 is 1.84 bits per heavy atom. The van der Waals surface area contributed by atoms with Crippen LogP contribution in [0.5, 0.6) is 5.75 Å². The van der Waals surface area contributed by atoms with Crippen LogP contribution in [-0.2, 0) is 6.18 Å². The zero-order chi connectivity index (χ0) is 27.1. The smallest absolute Gasteiger partial charge is 0.416 e. The van der Waals surface area contributed by atoms with Gasteiger partial charge in [-0.3, -0.25) is 9.69 Å². The molecule has 38 heavy (non-hydrogen) atoms. The molecule has 1 saturated heterocycles. The Morgan fingerprint density at radius 1 is 1.08 bits per heavy atom. The van der Waals surface area contributed by atoms with Gasteiger partial charge >= 0.3 is 6.18 Å². The summed E-state index contributed by atoms with van der Waals surface area (Å²) in [7, 11) is 1.65. The predicted molar refractivity (Wildman–Crippen MR) is 139 cm³/mol. The minimum Gasteiger partial charge on any atom is -0.495 e. The molecule has 1 aliphatic heterocycles. The van der Waals surface area contributed by atoms with Crippen molar-refractivity contribution in [3.05, 3.63) is 78.0 Å². The fourth-order valence-electron chi connectivity index (χ4n) is 4.33. The number of aliphatic hydroxyl groups excluding tert-OH is 1. The van der Waals surface area contributed by atoms with Gasteiger partial charge in [-0.05, 0) is 42.5 Å². The number of hydrogen-bond acceptors (Lipinski definition) is 7. The summed E-state index contributed by atoms with van der Waals surface area (Å²) in [6, 6.07) is 15.6. The highest BCUT2D eigenvalue weighted by molar-refractivity contribution is 5.99. The van der Waals surface area contributed by atoms with Crippen molar-refractivity contribution in [1.29, 1.82) is 0 Å². The number of nitrogens with zero attached hydrogens (tertiary/aromatic N) is 3. The van der Waals surface area contributed by atoms with Gasteiger partial charge in [-0.2, -0.15) is 13.2 Å². The van der Waals surface area contributed by atoms with Crippen LogP contribution in [0.2, 0.25) is 0 Å². The monoisotopic (exact) mass is 529 g/mol. The molecule has 1 fully saturated rings. The van der Waals surface area contributed by atoms with Crippen molar-refractivity contribution in [1.82, 2.24) is 15.2 Å². The Hall–Kier alpha value is -3.83. The van der Waals surface area contributed by atoms with Crippen molar-refractivity contribution >= 4 is 23.1 Å². The number of alkyl halides is 3. The van der Waals surface area contributed by atoms with Gasteiger partial charge in [0.1, 0.15) is 11.6 Å². The summed E-state index contributed by atoms with van der Waals surface area (Å²) in [6.07, 6.45) is -3.85. The van der Waals surface area contributed by atoms with Gasteiger partial charge < -0.3 is 25.4 Å². The van der Waals surface area contributed by atoms with Crippen molar-refractivity contribution in [3.8, 4) is 5.75 Å². The van der Waals surface area contributed by atoms with E-state index in [9.17, 15) is 23.1 Å². The molecular weight excluding hydrogens is 499 g/mol. The minimum atomic E-state index is -4.49. The van der Waals surface area contributed by atoms with E-state index >= 15 is 0 Å². The highest BCUT2D eigenvalue weighted by Gasteiger charge is 2.30. The summed E-state index contributed by atoms with van der Waals surface area (Å²) in [5.41, 5.74) is 0.534. The van der Waals surface area contributed by atoms with Crippen molar-refractivity contribution in [2.45, 2.75) is 12.3 Å². The van der Waals surface area contributed by atoms with Crippen molar-refractivity contribution in [3.63, 3.8) is 0 Å². The first-order valence-corrected chi connectivity index (χ1v) is 12.2. The number of pyridine rings is 1. The molecule has 202 valence electrons. The molecule has 0 spiro atoms. The molecule has 1 aromatic heterocycles. The highest BCUT2D eigenvalue weighted by Crippen LogP contribution is 2.32. The fourth-order valence-corrected chi connectivity index (χ4v) is 4.33. The largest absolute Gasteiger partial charge is 0.495 e. The van der Waals surface area contributed by atoms with Crippen LogP contribution in [0, 0.1) is 0 Å². The lowest BCUT2D eigenvalue weighted by atomic mass is 10.1. The second kappa shape index (κ2) is 12.1. The molecule has 8 nitrogen and oxygen atoms in total. The van der Waals surface area contributed by atoms with Gasteiger partial charge in [0.05, 0.1) is 30.0 Å². The number of para-hydroxylation sites is 2. The van der Waals surface area contributed by atoms with Crippen LogP contribution in [0.4, 0.5) is 30.4 Å². The molecule has 3 N–H and O–H groups in total. The van der Waals surface area contributed by atoms with E-state index in [2.05, 4.69) is 25.4 Å². The quantitative estimate of drug-likeness (QED) is 0.389. The number of ether oxygens (including phenoxy) is 1. The topological polar surface area (TPSA) is 90.0 Å². The number of methoxy groups -OCH3 is 1. The number of rotatable bonds is 9. The second-order valence-corrected chi connectivity index (χ2v) is 8.93. The van der Waals surface area contributed by atoms with E-state index in [0.29, 0.717) is 6.54 Å². The third kappa shape index (κ3) is 6.93. The molecule has 1 unspecified atom stereocenters. The number of carbonyl (C=O) groups excluding carboxylic acids is 1. The first-order chi connectivity index (χ1) is 18.2. The average molecular weight is 530 g/mol. The Bertz CT molecular complexity index is 1230. The normalized spacial score (nSPS) is 15.1.